The quantitative estimate of drug-likeness (QED) is 0.555. The number of fused-ring (bicyclic) bond motifs is 1. The van der Waals surface area contributed by atoms with Gasteiger partial charge in [-0.05, 0) is 29.7 Å². The van der Waals surface area contributed by atoms with Crippen molar-refractivity contribution in [2.24, 2.45) is 5.84 Å². The lowest BCUT2D eigenvalue weighted by Gasteiger charge is -2.12. The second-order valence-corrected chi connectivity index (χ2v) is 7.23. The summed E-state index contributed by atoms with van der Waals surface area (Å²) >= 11 is 9.36. The second kappa shape index (κ2) is 5.61. The minimum absolute atomic E-state index is 0.132. The highest BCUT2D eigenvalue weighted by atomic mass is 35.5. The Hall–Kier alpha value is -0.910. The van der Waals surface area contributed by atoms with E-state index in [0.717, 1.165) is 10.8 Å². The molecule has 0 aliphatic carbocycles. The summed E-state index contributed by atoms with van der Waals surface area (Å²) in [5.41, 5.74) is 2.91. The van der Waals surface area contributed by atoms with Crippen molar-refractivity contribution < 1.29 is 0 Å². The number of hydrogen-bond donors (Lipinski definition) is 2. The van der Waals surface area contributed by atoms with E-state index in [4.69, 9.17) is 17.4 Å². The zero-order chi connectivity index (χ0) is 13.2. The summed E-state index contributed by atoms with van der Waals surface area (Å²) in [4.78, 5) is 2.50. The maximum absolute atomic E-state index is 5.97. The molecule has 0 fully saturated rings. The fourth-order valence-electron chi connectivity index (χ4n) is 2.08. The number of halogens is 1. The molecule has 98 valence electrons. The first-order valence-corrected chi connectivity index (χ1v) is 7.96. The normalized spacial score (nSPS) is 12.9. The first-order chi connectivity index (χ1) is 9.26. The van der Waals surface area contributed by atoms with Gasteiger partial charge in [0.1, 0.15) is 0 Å². The topological polar surface area (TPSA) is 38.0 Å². The molecule has 0 saturated heterocycles. The van der Waals surface area contributed by atoms with Crippen LogP contribution in [0.4, 0.5) is 0 Å². The Morgan fingerprint density at radius 1 is 1.16 bits per heavy atom. The van der Waals surface area contributed by atoms with Gasteiger partial charge in [-0.1, -0.05) is 29.8 Å². The average Bonchev–Trinajstić information content (AvgIpc) is 3.01. The van der Waals surface area contributed by atoms with Crippen LogP contribution in [0, 0.1) is 0 Å². The van der Waals surface area contributed by atoms with Crippen molar-refractivity contribution in [2.75, 3.05) is 0 Å². The summed E-state index contributed by atoms with van der Waals surface area (Å²) in [6.07, 6.45) is 0.862. The van der Waals surface area contributed by atoms with Crippen LogP contribution in [-0.2, 0) is 6.42 Å². The molecular weight excluding hydrogens is 296 g/mol. The lowest BCUT2D eigenvalue weighted by Crippen LogP contribution is -2.28. The second-order valence-electron chi connectivity index (χ2n) is 4.32. The van der Waals surface area contributed by atoms with Crippen molar-refractivity contribution in [2.45, 2.75) is 12.5 Å². The van der Waals surface area contributed by atoms with Gasteiger partial charge >= 0.3 is 0 Å². The van der Waals surface area contributed by atoms with Gasteiger partial charge in [-0.3, -0.25) is 11.3 Å². The molecule has 0 aliphatic heterocycles. The standard InChI is InChI=1S/C14H13ClN2S2/c15-14-6-5-10(18-14)8-11(17-16)13-7-9-3-1-2-4-12(9)19-13/h1-7,11,17H,8,16H2. The van der Waals surface area contributed by atoms with Gasteiger partial charge in [0.2, 0.25) is 0 Å². The lowest BCUT2D eigenvalue weighted by molar-refractivity contribution is 0.564. The average molecular weight is 309 g/mol. The summed E-state index contributed by atoms with van der Waals surface area (Å²) in [5.74, 6) is 5.71. The number of hydrogen-bond acceptors (Lipinski definition) is 4. The number of hydrazine groups is 1. The molecule has 0 saturated carbocycles. The van der Waals surface area contributed by atoms with E-state index < -0.39 is 0 Å². The first kappa shape index (κ1) is 13.1. The number of rotatable bonds is 4. The van der Waals surface area contributed by atoms with Gasteiger partial charge in [-0.15, -0.1) is 22.7 Å². The van der Waals surface area contributed by atoms with Crippen LogP contribution >= 0.6 is 34.3 Å². The highest BCUT2D eigenvalue weighted by Gasteiger charge is 2.14. The third-order valence-corrected chi connectivity index (χ3v) is 5.51. The molecule has 3 aromatic rings. The molecule has 3 rings (SSSR count). The van der Waals surface area contributed by atoms with Crippen LogP contribution in [-0.4, -0.2) is 0 Å². The van der Waals surface area contributed by atoms with Crippen molar-refractivity contribution in [3.63, 3.8) is 0 Å². The van der Waals surface area contributed by atoms with Gasteiger partial charge in [-0.25, -0.2) is 0 Å². The van der Waals surface area contributed by atoms with Gasteiger partial charge in [-0.2, -0.15) is 0 Å². The molecule has 2 aromatic heterocycles. The molecule has 5 heteroatoms. The Morgan fingerprint density at radius 2 is 2.00 bits per heavy atom. The van der Waals surface area contributed by atoms with Crippen LogP contribution in [0.1, 0.15) is 15.8 Å². The fourth-order valence-corrected chi connectivity index (χ4v) is 4.34. The van der Waals surface area contributed by atoms with Gasteiger partial charge in [0, 0.05) is 20.9 Å². The Labute approximate surface area is 124 Å². The monoisotopic (exact) mass is 308 g/mol. The molecule has 0 bridgehead atoms. The van der Waals surface area contributed by atoms with E-state index in [1.807, 2.05) is 6.07 Å². The Balaban J connectivity index is 1.88. The lowest BCUT2D eigenvalue weighted by atomic mass is 10.1. The SMILES string of the molecule is NNC(Cc1ccc(Cl)s1)c1cc2ccccc2s1. The molecule has 2 nitrogen and oxygen atoms in total. The van der Waals surface area contributed by atoms with E-state index in [2.05, 4.69) is 41.8 Å². The van der Waals surface area contributed by atoms with Crippen LogP contribution in [0.5, 0.6) is 0 Å². The molecular formula is C14H13ClN2S2. The van der Waals surface area contributed by atoms with E-state index in [1.165, 1.54) is 19.8 Å². The predicted octanol–water partition coefficient (Wildman–Crippen LogP) is 4.36. The van der Waals surface area contributed by atoms with E-state index >= 15 is 0 Å². The molecule has 0 amide bonds. The van der Waals surface area contributed by atoms with Crippen LogP contribution in [0.2, 0.25) is 4.34 Å². The Morgan fingerprint density at radius 3 is 2.68 bits per heavy atom. The van der Waals surface area contributed by atoms with Crippen molar-refractivity contribution >= 4 is 44.4 Å². The van der Waals surface area contributed by atoms with Crippen LogP contribution < -0.4 is 11.3 Å². The van der Waals surface area contributed by atoms with Crippen molar-refractivity contribution in [1.82, 2.24) is 5.43 Å². The molecule has 1 unspecified atom stereocenters. The number of nitrogens with two attached hydrogens (primary N) is 1. The van der Waals surface area contributed by atoms with Crippen molar-refractivity contribution in [3.05, 3.63) is 56.6 Å². The van der Waals surface area contributed by atoms with E-state index in [1.54, 1.807) is 22.7 Å². The molecule has 1 atom stereocenters. The smallest absolute Gasteiger partial charge is 0.0931 e. The zero-order valence-corrected chi connectivity index (χ0v) is 12.5. The molecule has 0 aliphatic rings. The molecule has 3 N–H and O–H groups in total. The minimum Gasteiger partial charge on any atom is -0.271 e. The van der Waals surface area contributed by atoms with E-state index in [-0.39, 0.29) is 6.04 Å². The van der Waals surface area contributed by atoms with Crippen LogP contribution in [0.15, 0.2) is 42.5 Å². The summed E-state index contributed by atoms with van der Waals surface area (Å²) in [7, 11) is 0. The fraction of sp³-hybridized carbons (Fsp3) is 0.143. The van der Waals surface area contributed by atoms with Gasteiger partial charge in [0.15, 0.2) is 0 Å². The van der Waals surface area contributed by atoms with Gasteiger partial charge < -0.3 is 0 Å². The highest BCUT2D eigenvalue weighted by molar-refractivity contribution is 7.19. The van der Waals surface area contributed by atoms with Crippen LogP contribution in [0.25, 0.3) is 10.1 Å². The highest BCUT2D eigenvalue weighted by Crippen LogP contribution is 2.32. The molecule has 2 heterocycles. The summed E-state index contributed by atoms with van der Waals surface area (Å²) in [5, 5.41) is 1.27. The maximum atomic E-state index is 5.97. The predicted molar refractivity (Wildman–Crippen MR) is 84.9 cm³/mol. The van der Waals surface area contributed by atoms with Crippen molar-refractivity contribution in [1.29, 1.82) is 0 Å². The van der Waals surface area contributed by atoms with E-state index in [0.29, 0.717) is 0 Å². The minimum atomic E-state index is 0.132. The van der Waals surface area contributed by atoms with Gasteiger partial charge in [0.05, 0.1) is 10.4 Å². The number of thiophene rings is 2. The molecule has 0 radical (unpaired) electrons. The molecule has 19 heavy (non-hydrogen) atoms. The largest absolute Gasteiger partial charge is 0.271 e. The van der Waals surface area contributed by atoms with E-state index in [9.17, 15) is 0 Å². The number of nitrogens with one attached hydrogen (secondary N) is 1. The third-order valence-electron chi connectivity index (χ3n) is 3.02. The summed E-state index contributed by atoms with van der Waals surface area (Å²) in [6.45, 7) is 0. The first-order valence-electron chi connectivity index (χ1n) is 5.95. The zero-order valence-electron chi connectivity index (χ0n) is 10.1. The van der Waals surface area contributed by atoms with Crippen LogP contribution in [0.3, 0.4) is 0 Å². The number of benzene rings is 1. The Bertz CT molecular complexity index is 656. The Kier molecular flexibility index (Phi) is 3.86. The summed E-state index contributed by atoms with van der Waals surface area (Å²) in [6, 6.07) is 14.7. The maximum Gasteiger partial charge on any atom is 0.0931 e. The van der Waals surface area contributed by atoms with Crippen molar-refractivity contribution in [3.8, 4) is 0 Å². The van der Waals surface area contributed by atoms with Gasteiger partial charge in [0.25, 0.3) is 0 Å². The molecule has 0 spiro atoms. The third kappa shape index (κ3) is 2.83. The molecule has 1 aromatic carbocycles. The summed E-state index contributed by atoms with van der Waals surface area (Å²) < 4.78 is 2.11.